The van der Waals surface area contributed by atoms with Gasteiger partial charge in [0.25, 0.3) is 17.7 Å². The normalized spacial score (nSPS) is 16.1. The van der Waals surface area contributed by atoms with E-state index in [1.165, 1.54) is 36.4 Å². The zero-order valence-electron chi connectivity index (χ0n) is 18.1. The van der Waals surface area contributed by atoms with E-state index >= 15 is 0 Å². The molecular weight excluding hydrogens is 390 g/mol. The van der Waals surface area contributed by atoms with E-state index in [1.807, 2.05) is 6.92 Å². The molecule has 0 unspecified atom stereocenters. The molecule has 6 heteroatoms. The molecule has 0 bridgehead atoms. The zero-order chi connectivity index (χ0) is 21.8. The lowest BCUT2D eigenvalue weighted by Gasteiger charge is -2.12. The van der Waals surface area contributed by atoms with Crippen LogP contribution in [-0.2, 0) is 13.1 Å². The molecule has 3 amide bonds. The number of benzene rings is 2. The van der Waals surface area contributed by atoms with Crippen LogP contribution in [0.1, 0.15) is 74.8 Å². The first kappa shape index (κ1) is 21.2. The summed E-state index contributed by atoms with van der Waals surface area (Å²) in [6.07, 6.45) is 4.32. The van der Waals surface area contributed by atoms with Crippen LogP contribution in [-0.4, -0.2) is 42.3 Å². The van der Waals surface area contributed by atoms with Crippen LogP contribution in [0.5, 0.6) is 0 Å². The molecule has 31 heavy (non-hydrogen) atoms. The Balaban J connectivity index is 1.36. The Hall–Kier alpha value is -2.99. The van der Waals surface area contributed by atoms with Gasteiger partial charge in [-0.2, -0.15) is 0 Å². The summed E-state index contributed by atoms with van der Waals surface area (Å²) in [6, 6.07) is 13.1. The van der Waals surface area contributed by atoms with Crippen molar-refractivity contribution in [3.05, 3.63) is 70.3 Å². The number of amides is 3. The van der Waals surface area contributed by atoms with Gasteiger partial charge in [0.15, 0.2) is 0 Å². The largest absolute Gasteiger partial charge is 0.348 e. The minimum atomic E-state index is -0.307. The minimum Gasteiger partial charge on any atom is -0.348 e. The van der Waals surface area contributed by atoms with E-state index in [-0.39, 0.29) is 17.7 Å². The average Bonchev–Trinajstić information content (AvgIpc) is 3.38. The SMILES string of the molecule is CCCCN1C(=O)c2ccc(C(=O)NCc3ccc(C[NH+]4CCCC4)cc3)cc2C1=O. The molecule has 2 heterocycles. The third-order valence-corrected chi connectivity index (χ3v) is 6.21. The Morgan fingerprint density at radius 3 is 2.35 bits per heavy atom. The fourth-order valence-electron chi connectivity index (χ4n) is 4.35. The van der Waals surface area contributed by atoms with Crippen molar-refractivity contribution in [1.29, 1.82) is 0 Å². The second-order valence-electron chi connectivity index (χ2n) is 8.51. The molecular formula is C25H30N3O3+. The van der Waals surface area contributed by atoms with Crippen molar-refractivity contribution < 1.29 is 19.3 Å². The molecule has 2 aliphatic rings. The molecule has 0 saturated carbocycles. The maximum Gasteiger partial charge on any atom is 0.261 e. The monoisotopic (exact) mass is 420 g/mol. The summed E-state index contributed by atoms with van der Waals surface area (Å²) < 4.78 is 0. The summed E-state index contributed by atoms with van der Waals surface area (Å²) in [4.78, 5) is 40.6. The van der Waals surface area contributed by atoms with E-state index in [2.05, 4.69) is 29.6 Å². The number of hydrogen-bond donors (Lipinski definition) is 2. The van der Waals surface area contributed by atoms with Gasteiger partial charge in [-0.1, -0.05) is 37.6 Å². The van der Waals surface area contributed by atoms with Gasteiger partial charge < -0.3 is 10.2 Å². The molecule has 2 N–H and O–H groups in total. The van der Waals surface area contributed by atoms with Crippen LogP contribution < -0.4 is 10.2 Å². The van der Waals surface area contributed by atoms with Gasteiger partial charge in [0.1, 0.15) is 6.54 Å². The van der Waals surface area contributed by atoms with Crippen LogP contribution in [0.25, 0.3) is 0 Å². The van der Waals surface area contributed by atoms with Crippen molar-refractivity contribution in [2.45, 2.75) is 45.7 Å². The number of quaternary nitrogens is 1. The predicted octanol–water partition coefficient (Wildman–Crippen LogP) is 2.19. The Morgan fingerprint density at radius 2 is 1.65 bits per heavy atom. The van der Waals surface area contributed by atoms with E-state index in [0.29, 0.717) is 29.8 Å². The first-order valence-electron chi connectivity index (χ1n) is 11.3. The maximum atomic E-state index is 12.6. The van der Waals surface area contributed by atoms with Crippen LogP contribution in [0.15, 0.2) is 42.5 Å². The van der Waals surface area contributed by atoms with E-state index in [0.717, 1.165) is 24.9 Å². The number of nitrogens with zero attached hydrogens (tertiary/aromatic N) is 1. The summed E-state index contributed by atoms with van der Waals surface area (Å²) in [5, 5.41) is 2.92. The van der Waals surface area contributed by atoms with Crippen molar-refractivity contribution in [2.24, 2.45) is 0 Å². The lowest BCUT2D eigenvalue weighted by Crippen LogP contribution is -3.08. The second kappa shape index (κ2) is 9.43. The lowest BCUT2D eigenvalue weighted by atomic mass is 10.1. The molecule has 2 aromatic carbocycles. The summed E-state index contributed by atoms with van der Waals surface area (Å²) >= 11 is 0. The topological polar surface area (TPSA) is 70.9 Å². The standard InChI is InChI=1S/C25H29N3O3/c1-2-3-14-28-24(30)21-11-10-20(15-22(21)25(28)31)23(29)26-16-18-6-8-19(9-7-18)17-27-12-4-5-13-27/h6-11,15H,2-5,12-14,16-17H2,1H3,(H,26,29)/p+1. The van der Waals surface area contributed by atoms with Crippen molar-refractivity contribution >= 4 is 17.7 Å². The van der Waals surface area contributed by atoms with Gasteiger partial charge >= 0.3 is 0 Å². The summed E-state index contributed by atoms with van der Waals surface area (Å²) in [6.45, 7) is 6.42. The molecule has 0 spiro atoms. The van der Waals surface area contributed by atoms with E-state index in [4.69, 9.17) is 0 Å². The first-order chi connectivity index (χ1) is 15.1. The molecule has 0 atom stereocenters. The number of carbonyl (C=O) groups is 3. The first-order valence-corrected chi connectivity index (χ1v) is 11.3. The maximum absolute atomic E-state index is 12.6. The third kappa shape index (κ3) is 4.69. The number of unbranched alkanes of at least 4 members (excludes halogenated alkanes) is 1. The molecule has 0 aliphatic carbocycles. The lowest BCUT2D eigenvalue weighted by molar-refractivity contribution is -0.901. The van der Waals surface area contributed by atoms with Gasteiger partial charge in [-0.3, -0.25) is 19.3 Å². The van der Waals surface area contributed by atoms with Crippen molar-refractivity contribution in [3.8, 4) is 0 Å². The molecule has 0 radical (unpaired) electrons. The summed E-state index contributed by atoms with van der Waals surface area (Å²) in [5.41, 5.74) is 3.45. The molecule has 162 valence electrons. The highest BCUT2D eigenvalue weighted by Gasteiger charge is 2.35. The van der Waals surface area contributed by atoms with E-state index < -0.39 is 0 Å². The van der Waals surface area contributed by atoms with Gasteiger partial charge in [0.2, 0.25) is 0 Å². The molecule has 6 nitrogen and oxygen atoms in total. The van der Waals surface area contributed by atoms with Gasteiger partial charge in [0.05, 0.1) is 24.2 Å². The number of fused-ring (bicyclic) bond motifs is 1. The highest BCUT2D eigenvalue weighted by atomic mass is 16.2. The van der Waals surface area contributed by atoms with Gasteiger partial charge in [0, 0.05) is 37.1 Å². The van der Waals surface area contributed by atoms with Crippen LogP contribution in [0.3, 0.4) is 0 Å². The van der Waals surface area contributed by atoms with Crippen LogP contribution in [0, 0.1) is 0 Å². The molecule has 2 aromatic rings. The number of hydrogen-bond acceptors (Lipinski definition) is 3. The van der Waals surface area contributed by atoms with Crippen LogP contribution in [0.4, 0.5) is 0 Å². The highest BCUT2D eigenvalue weighted by molar-refractivity contribution is 6.22. The number of carbonyl (C=O) groups excluding carboxylic acids is 3. The molecule has 1 saturated heterocycles. The van der Waals surface area contributed by atoms with Crippen LogP contribution in [0.2, 0.25) is 0 Å². The Labute approximate surface area is 183 Å². The Bertz CT molecular complexity index is 978. The van der Waals surface area contributed by atoms with Crippen molar-refractivity contribution in [2.75, 3.05) is 19.6 Å². The third-order valence-electron chi connectivity index (χ3n) is 6.21. The van der Waals surface area contributed by atoms with E-state index in [1.54, 1.807) is 23.1 Å². The zero-order valence-corrected chi connectivity index (χ0v) is 18.1. The van der Waals surface area contributed by atoms with Crippen molar-refractivity contribution in [3.63, 3.8) is 0 Å². The van der Waals surface area contributed by atoms with E-state index in [9.17, 15) is 14.4 Å². The van der Waals surface area contributed by atoms with Gasteiger partial charge in [-0.05, 0) is 30.2 Å². The molecule has 2 aliphatic heterocycles. The molecule has 4 rings (SSSR count). The van der Waals surface area contributed by atoms with Gasteiger partial charge in [-0.15, -0.1) is 0 Å². The summed E-state index contributed by atoms with van der Waals surface area (Å²) in [5.74, 6) is -0.823. The number of imide groups is 1. The smallest absolute Gasteiger partial charge is 0.261 e. The van der Waals surface area contributed by atoms with Crippen molar-refractivity contribution in [1.82, 2.24) is 10.2 Å². The fourth-order valence-corrected chi connectivity index (χ4v) is 4.35. The molecule has 1 fully saturated rings. The average molecular weight is 421 g/mol. The molecule has 0 aromatic heterocycles. The van der Waals surface area contributed by atoms with Crippen LogP contribution >= 0.6 is 0 Å². The number of rotatable bonds is 8. The quantitative estimate of drug-likeness (QED) is 0.643. The number of likely N-dealkylation sites (tertiary alicyclic amines) is 1. The van der Waals surface area contributed by atoms with Gasteiger partial charge in [-0.25, -0.2) is 0 Å². The second-order valence-corrected chi connectivity index (χ2v) is 8.51. The predicted molar refractivity (Wildman–Crippen MR) is 118 cm³/mol. The highest BCUT2D eigenvalue weighted by Crippen LogP contribution is 2.24. The minimum absolute atomic E-state index is 0.249. The summed E-state index contributed by atoms with van der Waals surface area (Å²) in [7, 11) is 0. The fraction of sp³-hybridized carbons (Fsp3) is 0.400. The Kier molecular flexibility index (Phi) is 6.47. The Morgan fingerprint density at radius 1 is 0.968 bits per heavy atom. The number of nitrogens with one attached hydrogen (secondary N) is 2.